The number of rotatable bonds is 21. The second-order valence-electron chi connectivity index (χ2n) is 14.0. The van der Waals surface area contributed by atoms with Crippen LogP contribution in [0.25, 0.3) is 10.4 Å². The predicted molar refractivity (Wildman–Crippen MR) is 222 cm³/mol. The number of hydrogen-bond acceptors (Lipinski definition) is 11. The number of carbonyl (C=O) groups is 3. The van der Waals surface area contributed by atoms with E-state index < -0.39 is 48.6 Å². The standard InChI is InChI=1S/C46H44ClN3O11/c47-37-24-35(20-21-38(37)49-50-48)29-58-43-42(57-27-32-12-6-2-7-13-32)39(30-55-25-31-10-4-1-5-11-31)60-46(44(43)61-45(54)36-14-8-3-9-15-36)59-28-34-18-16-33(17-19-34)26-56-41(53)23-22-40(51)52/h1-21,24,39,42-44,46H,22-23,25-30H2,(H,51,52)/t39-,42-,43+,44-,46-/m1/s1. The number of halogens is 1. The Morgan fingerprint density at radius 1 is 0.656 bits per heavy atom. The summed E-state index contributed by atoms with van der Waals surface area (Å²) in [4.78, 5) is 39.4. The molecule has 0 radical (unpaired) electrons. The van der Waals surface area contributed by atoms with Gasteiger partial charge in [0.25, 0.3) is 0 Å². The molecule has 0 saturated carbocycles. The maximum Gasteiger partial charge on any atom is 0.338 e. The number of benzene rings is 5. The van der Waals surface area contributed by atoms with E-state index in [0.717, 1.165) is 16.7 Å². The van der Waals surface area contributed by atoms with Crippen molar-refractivity contribution in [2.24, 2.45) is 5.11 Å². The monoisotopic (exact) mass is 849 g/mol. The number of carboxylic acids is 1. The maximum atomic E-state index is 13.8. The molecule has 0 aliphatic carbocycles. The van der Waals surface area contributed by atoms with Crippen LogP contribution >= 0.6 is 11.6 Å². The van der Waals surface area contributed by atoms with Crippen molar-refractivity contribution in [1.82, 2.24) is 0 Å². The summed E-state index contributed by atoms with van der Waals surface area (Å²) in [6.07, 6.45) is -5.55. The van der Waals surface area contributed by atoms with Gasteiger partial charge in [-0.25, -0.2) is 4.79 Å². The molecule has 0 aromatic heterocycles. The van der Waals surface area contributed by atoms with Gasteiger partial charge in [-0.15, -0.1) is 0 Å². The lowest BCUT2D eigenvalue weighted by Crippen LogP contribution is -2.62. The number of nitrogens with zero attached hydrogens (tertiary/aromatic N) is 3. The van der Waals surface area contributed by atoms with Crippen LogP contribution < -0.4 is 0 Å². The van der Waals surface area contributed by atoms with Crippen LogP contribution in [0.1, 0.15) is 51.0 Å². The van der Waals surface area contributed by atoms with Gasteiger partial charge in [0.1, 0.15) is 24.9 Å². The molecule has 0 unspecified atom stereocenters. The highest BCUT2D eigenvalue weighted by Crippen LogP contribution is 2.33. The van der Waals surface area contributed by atoms with Gasteiger partial charge in [0, 0.05) is 4.91 Å². The van der Waals surface area contributed by atoms with E-state index in [9.17, 15) is 14.4 Å². The van der Waals surface area contributed by atoms with Crippen molar-refractivity contribution in [3.63, 3.8) is 0 Å². The number of esters is 2. The number of hydrogen-bond donors (Lipinski definition) is 1. The number of carboxylic acid groups (broad SMARTS) is 1. The molecule has 0 bridgehead atoms. The Morgan fingerprint density at radius 2 is 1.21 bits per heavy atom. The van der Waals surface area contributed by atoms with E-state index in [4.69, 9.17) is 55.4 Å². The first kappa shape index (κ1) is 44.5. The Hall–Kier alpha value is -6.09. The minimum Gasteiger partial charge on any atom is -0.481 e. The third kappa shape index (κ3) is 13.7. The lowest BCUT2D eigenvalue weighted by atomic mass is 9.97. The molecule has 5 atom stereocenters. The quantitative estimate of drug-likeness (QED) is 0.0321. The van der Waals surface area contributed by atoms with Gasteiger partial charge in [-0.1, -0.05) is 132 Å². The topological polar surface area (TPSA) is 185 Å². The highest BCUT2D eigenvalue weighted by molar-refractivity contribution is 6.33. The van der Waals surface area contributed by atoms with Crippen molar-refractivity contribution < 1.29 is 52.6 Å². The summed E-state index contributed by atoms with van der Waals surface area (Å²) in [6, 6.07) is 39.8. The van der Waals surface area contributed by atoms with Crippen molar-refractivity contribution in [3.05, 3.63) is 182 Å². The summed E-state index contributed by atoms with van der Waals surface area (Å²) < 4.78 is 44.2. The van der Waals surface area contributed by atoms with E-state index in [0.29, 0.717) is 16.7 Å². The Morgan fingerprint density at radius 3 is 1.85 bits per heavy atom. The van der Waals surface area contributed by atoms with Crippen LogP contribution in [-0.4, -0.2) is 60.3 Å². The summed E-state index contributed by atoms with van der Waals surface area (Å²) in [7, 11) is 0. The van der Waals surface area contributed by atoms with Crippen molar-refractivity contribution in [2.45, 2.75) is 76.6 Å². The molecule has 1 saturated heterocycles. The average molecular weight is 850 g/mol. The lowest BCUT2D eigenvalue weighted by molar-refractivity contribution is -0.320. The zero-order valence-corrected chi connectivity index (χ0v) is 33.8. The van der Waals surface area contributed by atoms with Gasteiger partial charge >= 0.3 is 17.9 Å². The van der Waals surface area contributed by atoms with E-state index in [1.807, 2.05) is 60.7 Å². The Bertz CT molecular complexity index is 2230. The summed E-state index contributed by atoms with van der Waals surface area (Å²) in [6.45, 7) is 0.475. The molecule has 14 nitrogen and oxygen atoms in total. The van der Waals surface area contributed by atoms with Crippen LogP contribution in [0.3, 0.4) is 0 Å². The zero-order chi connectivity index (χ0) is 42.8. The van der Waals surface area contributed by atoms with Gasteiger partial charge < -0.3 is 38.3 Å². The summed E-state index contributed by atoms with van der Waals surface area (Å²) >= 11 is 6.45. The van der Waals surface area contributed by atoms with Crippen LogP contribution in [0, 0.1) is 0 Å². The molecule has 316 valence electrons. The number of carbonyl (C=O) groups excluding carboxylic acids is 2. The van der Waals surface area contributed by atoms with Crippen LogP contribution in [0.2, 0.25) is 5.02 Å². The third-order valence-corrected chi connectivity index (χ3v) is 9.81. The van der Waals surface area contributed by atoms with Crippen LogP contribution in [0.15, 0.2) is 139 Å². The molecule has 61 heavy (non-hydrogen) atoms. The fourth-order valence-electron chi connectivity index (χ4n) is 6.38. The fraction of sp³-hybridized carbons (Fsp3) is 0.283. The minimum absolute atomic E-state index is 0.0130. The van der Waals surface area contributed by atoms with Crippen LogP contribution in [-0.2, 0) is 75.8 Å². The molecule has 15 heteroatoms. The van der Waals surface area contributed by atoms with Gasteiger partial charge in [-0.3, -0.25) is 9.59 Å². The summed E-state index contributed by atoms with van der Waals surface area (Å²) in [5, 5.41) is 12.7. The molecule has 1 N–H and O–H groups in total. The predicted octanol–water partition coefficient (Wildman–Crippen LogP) is 9.04. The SMILES string of the molecule is [N-]=[N+]=Nc1ccc(CO[C@@H]2[C@@H](OC(=O)c3ccccc3)[C@H](OCc3ccc(COC(=O)CCC(=O)O)cc3)O[C@H](COCc3ccccc3)[C@H]2OCc2ccccc2)cc1Cl. The molecule has 6 rings (SSSR count). The average Bonchev–Trinajstić information content (AvgIpc) is 3.28. The fourth-order valence-corrected chi connectivity index (χ4v) is 6.62. The zero-order valence-electron chi connectivity index (χ0n) is 33.0. The molecule has 0 spiro atoms. The second kappa shape index (κ2) is 23.1. The molecule has 5 aromatic carbocycles. The molecule has 1 heterocycles. The van der Waals surface area contributed by atoms with E-state index >= 15 is 0 Å². The highest BCUT2D eigenvalue weighted by atomic mass is 35.5. The van der Waals surface area contributed by atoms with Crippen LogP contribution in [0.4, 0.5) is 5.69 Å². The van der Waals surface area contributed by atoms with Crippen molar-refractivity contribution in [1.29, 1.82) is 0 Å². The van der Waals surface area contributed by atoms with Crippen molar-refractivity contribution in [3.8, 4) is 0 Å². The molecule has 1 aliphatic rings. The Kier molecular flexibility index (Phi) is 16.8. The molecule has 1 fully saturated rings. The van der Waals surface area contributed by atoms with Gasteiger partial charge in [-0.2, -0.15) is 0 Å². The first-order valence-corrected chi connectivity index (χ1v) is 19.8. The first-order chi connectivity index (χ1) is 29.7. The number of ether oxygens (including phenoxy) is 7. The van der Waals surface area contributed by atoms with Crippen LogP contribution in [0.5, 0.6) is 0 Å². The van der Waals surface area contributed by atoms with E-state index in [1.165, 1.54) is 0 Å². The Labute approximate surface area is 357 Å². The maximum absolute atomic E-state index is 13.8. The van der Waals surface area contributed by atoms with Gasteiger partial charge in [0.05, 0.1) is 62.1 Å². The number of aliphatic carboxylic acids is 1. The second-order valence-corrected chi connectivity index (χ2v) is 14.4. The molecule has 5 aromatic rings. The van der Waals surface area contributed by atoms with Crippen molar-refractivity contribution >= 4 is 35.2 Å². The van der Waals surface area contributed by atoms with Gasteiger partial charge in [0.15, 0.2) is 12.4 Å². The molecule has 0 amide bonds. The molecular weight excluding hydrogens is 806 g/mol. The highest BCUT2D eigenvalue weighted by Gasteiger charge is 2.50. The smallest absolute Gasteiger partial charge is 0.338 e. The van der Waals surface area contributed by atoms with Crippen molar-refractivity contribution in [2.75, 3.05) is 6.61 Å². The van der Waals surface area contributed by atoms with E-state index in [2.05, 4.69) is 10.0 Å². The minimum atomic E-state index is -1.19. The lowest BCUT2D eigenvalue weighted by Gasteiger charge is -2.45. The molecular formula is C46H44ClN3O11. The van der Waals surface area contributed by atoms with Gasteiger partial charge in [0.2, 0.25) is 0 Å². The summed E-state index contributed by atoms with van der Waals surface area (Å²) in [5.41, 5.74) is 13.4. The van der Waals surface area contributed by atoms with Gasteiger partial charge in [-0.05, 0) is 51.5 Å². The van der Waals surface area contributed by atoms with E-state index in [1.54, 1.807) is 72.8 Å². The first-order valence-electron chi connectivity index (χ1n) is 19.5. The number of azide groups is 1. The normalized spacial score (nSPS) is 18.4. The summed E-state index contributed by atoms with van der Waals surface area (Å²) in [5.74, 6) is -2.33. The largest absolute Gasteiger partial charge is 0.481 e. The third-order valence-electron chi connectivity index (χ3n) is 9.51. The van der Waals surface area contributed by atoms with E-state index in [-0.39, 0.29) is 63.2 Å². The molecule has 1 aliphatic heterocycles. The Balaban J connectivity index is 1.29.